The van der Waals surface area contributed by atoms with E-state index in [9.17, 15) is 18.0 Å². The van der Waals surface area contributed by atoms with Crippen LogP contribution in [0.5, 0.6) is 0 Å². The van der Waals surface area contributed by atoms with E-state index in [-0.39, 0.29) is 29.6 Å². The number of pyridine rings is 1. The number of rotatable bonds is 6. The van der Waals surface area contributed by atoms with E-state index in [1.54, 1.807) is 43.6 Å². The molecule has 0 bridgehead atoms. The van der Waals surface area contributed by atoms with Crippen LogP contribution in [0.3, 0.4) is 0 Å². The number of nitrogens with zero attached hydrogens (tertiary/aromatic N) is 3. The Kier molecular flexibility index (Phi) is 6.57. The number of benzene rings is 1. The molecule has 170 valence electrons. The zero-order valence-corrected chi connectivity index (χ0v) is 19.0. The first-order chi connectivity index (χ1) is 15.4. The maximum absolute atomic E-state index is 13.1. The zero-order chi connectivity index (χ0) is 22.7. The summed E-state index contributed by atoms with van der Waals surface area (Å²) in [7, 11) is -3.59. The molecule has 2 amide bonds. The first-order valence-corrected chi connectivity index (χ1v) is 12.5. The molecule has 4 rings (SSSR count). The van der Waals surface area contributed by atoms with Gasteiger partial charge in [0.2, 0.25) is 21.8 Å². The Morgan fingerprint density at radius 2 is 1.94 bits per heavy atom. The molecule has 8 nitrogen and oxygen atoms in total. The fraction of sp³-hybridized carbons (Fsp3) is 0.435. The first kappa shape index (κ1) is 22.4. The van der Waals surface area contributed by atoms with Crippen molar-refractivity contribution in [3.8, 4) is 0 Å². The van der Waals surface area contributed by atoms with Gasteiger partial charge in [0.05, 0.1) is 4.90 Å². The Morgan fingerprint density at radius 1 is 1.16 bits per heavy atom. The van der Waals surface area contributed by atoms with E-state index in [2.05, 4.69) is 10.3 Å². The maximum atomic E-state index is 13.1. The number of amides is 2. The number of sulfonamides is 1. The standard InChI is InChI=1S/C23H28N4O4S/c1-2-22(28)27-20-9-8-19(32(30,31)26-11-4-3-5-12-26)13-18(20)14-21(27)23(29)25-16-17-7-6-10-24-15-17/h6-10,13,15,21H,2-5,11-12,14,16H2,1H3,(H,25,29)/t21-/m1/s1. The minimum Gasteiger partial charge on any atom is -0.350 e. The summed E-state index contributed by atoms with van der Waals surface area (Å²) in [6, 6.07) is 7.79. The van der Waals surface area contributed by atoms with E-state index in [0.717, 1.165) is 24.8 Å². The number of carbonyl (C=O) groups excluding carboxylic acids is 2. The van der Waals surface area contributed by atoms with Crippen molar-refractivity contribution in [2.75, 3.05) is 18.0 Å². The Balaban J connectivity index is 1.57. The number of hydrogen-bond donors (Lipinski definition) is 1. The molecule has 1 aromatic carbocycles. The normalized spacial score (nSPS) is 18.9. The molecule has 0 saturated carbocycles. The molecule has 2 aromatic rings. The molecule has 0 spiro atoms. The molecular formula is C23H28N4O4S. The number of anilines is 1. The highest BCUT2D eigenvalue weighted by atomic mass is 32.2. The van der Waals surface area contributed by atoms with Gasteiger partial charge in [0.1, 0.15) is 6.04 Å². The van der Waals surface area contributed by atoms with Crippen molar-refractivity contribution >= 4 is 27.5 Å². The van der Waals surface area contributed by atoms with E-state index >= 15 is 0 Å². The van der Waals surface area contributed by atoms with Crippen LogP contribution in [-0.2, 0) is 32.6 Å². The van der Waals surface area contributed by atoms with Crippen LogP contribution < -0.4 is 10.2 Å². The molecule has 1 atom stereocenters. The Hall–Kier alpha value is -2.78. The van der Waals surface area contributed by atoms with Crippen LogP contribution in [0.1, 0.15) is 43.7 Å². The van der Waals surface area contributed by atoms with E-state index in [4.69, 9.17) is 0 Å². The SMILES string of the molecule is CCC(=O)N1c2ccc(S(=O)(=O)N3CCCCC3)cc2C[C@@H]1C(=O)NCc1cccnc1. The van der Waals surface area contributed by atoms with Gasteiger partial charge in [-0.25, -0.2) is 8.42 Å². The lowest BCUT2D eigenvalue weighted by Crippen LogP contribution is -2.47. The highest BCUT2D eigenvalue weighted by molar-refractivity contribution is 7.89. The predicted molar refractivity (Wildman–Crippen MR) is 120 cm³/mol. The lowest BCUT2D eigenvalue weighted by atomic mass is 10.1. The smallest absolute Gasteiger partial charge is 0.243 e. The molecule has 2 aliphatic rings. The molecule has 0 aliphatic carbocycles. The second-order valence-electron chi connectivity index (χ2n) is 8.17. The summed E-state index contributed by atoms with van der Waals surface area (Å²) >= 11 is 0. The summed E-state index contributed by atoms with van der Waals surface area (Å²) in [4.78, 5) is 31.5. The van der Waals surface area contributed by atoms with E-state index in [1.165, 1.54) is 9.21 Å². The number of carbonyl (C=O) groups is 2. The fourth-order valence-corrected chi connectivity index (χ4v) is 5.91. The second kappa shape index (κ2) is 9.38. The Bertz CT molecular complexity index is 1100. The van der Waals surface area contributed by atoms with Gasteiger partial charge >= 0.3 is 0 Å². The number of piperidine rings is 1. The van der Waals surface area contributed by atoms with Gasteiger partial charge in [-0.15, -0.1) is 0 Å². The minimum atomic E-state index is -3.59. The van der Waals surface area contributed by atoms with Crippen LogP contribution in [-0.4, -0.2) is 48.7 Å². The Labute approximate surface area is 188 Å². The lowest BCUT2D eigenvalue weighted by Gasteiger charge is -2.26. The molecule has 1 aromatic heterocycles. The van der Waals surface area contributed by atoms with Crippen LogP contribution in [0, 0.1) is 0 Å². The largest absolute Gasteiger partial charge is 0.350 e. The molecule has 0 radical (unpaired) electrons. The quantitative estimate of drug-likeness (QED) is 0.719. The third-order valence-electron chi connectivity index (χ3n) is 6.05. The van der Waals surface area contributed by atoms with Crippen LogP contribution in [0.4, 0.5) is 5.69 Å². The van der Waals surface area contributed by atoms with Crippen LogP contribution in [0.25, 0.3) is 0 Å². The van der Waals surface area contributed by atoms with Gasteiger partial charge in [0, 0.05) is 50.6 Å². The van der Waals surface area contributed by atoms with Gasteiger partial charge in [0.25, 0.3) is 0 Å². The van der Waals surface area contributed by atoms with E-state index in [1.807, 2.05) is 6.07 Å². The van der Waals surface area contributed by atoms with Gasteiger partial charge < -0.3 is 5.32 Å². The fourth-order valence-electron chi connectivity index (χ4n) is 4.34. The number of nitrogens with one attached hydrogen (secondary N) is 1. The summed E-state index contributed by atoms with van der Waals surface area (Å²) in [6.45, 7) is 3.11. The summed E-state index contributed by atoms with van der Waals surface area (Å²) in [5.41, 5.74) is 2.17. The van der Waals surface area contributed by atoms with Crippen molar-refractivity contribution in [2.24, 2.45) is 0 Å². The van der Waals surface area contributed by atoms with Gasteiger partial charge in [0.15, 0.2) is 0 Å². The van der Waals surface area contributed by atoms with Crippen molar-refractivity contribution in [1.29, 1.82) is 0 Å². The molecule has 9 heteroatoms. The van der Waals surface area contributed by atoms with E-state index < -0.39 is 16.1 Å². The summed E-state index contributed by atoms with van der Waals surface area (Å²) in [6.07, 6.45) is 6.64. The van der Waals surface area contributed by atoms with Gasteiger partial charge in [-0.2, -0.15) is 4.31 Å². The number of fused-ring (bicyclic) bond motifs is 1. The van der Waals surface area contributed by atoms with Gasteiger partial charge in [-0.1, -0.05) is 19.4 Å². The van der Waals surface area contributed by atoms with Crippen LogP contribution in [0.15, 0.2) is 47.6 Å². The third-order valence-corrected chi connectivity index (χ3v) is 7.95. The first-order valence-electron chi connectivity index (χ1n) is 11.0. The minimum absolute atomic E-state index is 0.170. The molecule has 1 fully saturated rings. The average molecular weight is 457 g/mol. The second-order valence-corrected chi connectivity index (χ2v) is 10.1. The summed E-state index contributed by atoms with van der Waals surface area (Å²) < 4.78 is 27.7. The predicted octanol–water partition coefficient (Wildman–Crippen LogP) is 2.24. The summed E-state index contributed by atoms with van der Waals surface area (Å²) in [5, 5.41) is 2.88. The molecular weight excluding hydrogens is 428 g/mol. The monoisotopic (exact) mass is 456 g/mol. The molecule has 1 N–H and O–H groups in total. The van der Waals surface area contributed by atoms with E-state index in [0.29, 0.717) is 30.9 Å². The zero-order valence-electron chi connectivity index (χ0n) is 18.2. The molecule has 2 aliphatic heterocycles. The topological polar surface area (TPSA) is 99.7 Å². The van der Waals surface area contributed by atoms with Crippen molar-refractivity contribution in [3.63, 3.8) is 0 Å². The average Bonchev–Trinajstić information content (AvgIpc) is 3.22. The van der Waals surface area contributed by atoms with Crippen molar-refractivity contribution in [3.05, 3.63) is 53.9 Å². The lowest BCUT2D eigenvalue weighted by molar-refractivity contribution is -0.126. The number of hydrogen-bond acceptors (Lipinski definition) is 5. The highest BCUT2D eigenvalue weighted by Crippen LogP contribution is 2.35. The molecule has 32 heavy (non-hydrogen) atoms. The van der Waals surface area contributed by atoms with Crippen LogP contribution in [0.2, 0.25) is 0 Å². The van der Waals surface area contributed by atoms with Gasteiger partial charge in [-0.3, -0.25) is 19.5 Å². The van der Waals surface area contributed by atoms with Crippen molar-refractivity contribution in [1.82, 2.24) is 14.6 Å². The van der Waals surface area contributed by atoms with Crippen molar-refractivity contribution < 1.29 is 18.0 Å². The third kappa shape index (κ3) is 4.40. The van der Waals surface area contributed by atoms with Crippen LogP contribution >= 0.6 is 0 Å². The highest BCUT2D eigenvalue weighted by Gasteiger charge is 2.38. The number of aromatic nitrogens is 1. The van der Waals surface area contributed by atoms with Crippen molar-refractivity contribution in [2.45, 2.75) is 56.5 Å². The maximum Gasteiger partial charge on any atom is 0.243 e. The molecule has 1 saturated heterocycles. The summed E-state index contributed by atoms with van der Waals surface area (Å²) in [5.74, 6) is -0.441. The molecule has 0 unspecified atom stereocenters. The Morgan fingerprint density at radius 3 is 2.62 bits per heavy atom. The van der Waals surface area contributed by atoms with Gasteiger partial charge in [-0.05, 0) is 48.2 Å². The molecule has 3 heterocycles.